The molecule has 1 amide bonds. The van der Waals surface area contributed by atoms with Crippen LogP contribution >= 0.6 is 11.8 Å². The van der Waals surface area contributed by atoms with E-state index in [-0.39, 0.29) is 11.7 Å². The van der Waals surface area contributed by atoms with Crippen molar-refractivity contribution in [1.82, 2.24) is 14.8 Å². The Kier molecular flexibility index (Phi) is 7.03. The lowest BCUT2D eigenvalue weighted by Gasteiger charge is -2.13. The van der Waals surface area contributed by atoms with Gasteiger partial charge in [0.25, 0.3) is 0 Å². The number of anilines is 2. The first-order valence-electron chi connectivity index (χ1n) is 7.77. The fraction of sp³-hybridized carbons (Fsp3) is 0.353. The minimum absolute atomic E-state index is 0.0935. The van der Waals surface area contributed by atoms with E-state index < -0.39 is 0 Å². The maximum Gasteiger partial charge on any atom is 0.234 e. The van der Waals surface area contributed by atoms with Gasteiger partial charge in [0, 0.05) is 39.1 Å². The van der Waals surface area contributed by atoms with Crippen molar-refractivity contribution in [1.29, 1.82) is 0 Å². The van der Waals surface area contributed by atoms with E-state index in [9.17, 15) is 4.79 Å². The van der Waals surface area contributed by atoms with Crippen LogP contribution in [0.2, 0.25) is 0 Å². The van der Waals surface area contributed by atoms with Gasteiger partial charge in [-0.25, -0.2) is 0 Å². The molecule has 25 heavy (non-hydrogen) atoms. The fourth-order valence-corrected chi connectivity index (χ4v) is 2.91. The summed E-state index contributed by atoms with van der Waals surface area (Å²) in [5.74, 6) is 0.867. The average Bonchev–Trinajstić information content (AvgIpc) is 2.96. The molecule has 7 nitrogen and oxygen atoms in total. The summed E-state index contributed by atoms with van der Waals surface area (Å²) in [7, 11) is 5.55. The highest BCUT2D eigenvalue weighted by atomic mass is 32.2. The van der Waals surface area contributed by atoms with Crippen LogP contribution in [0.3, 0.4) is 0 Å². The van der Waals surface area contributed by atoms with Gasteiger partial charge in [-0.1, -0.05) is 17.8 Å². The third-order valence-corrected chi connectivity index (χ3v) is 4.35. The van der Waals surface area contributed by atoms with Gasteiger partial charge in [0.05, 0.1) is 5.75 Å². The van der Waals surface area contributed by atoms with Gasteiger partial charge in [-0.15, -0.1) is 16.8 Å². The summed E-state index contributed by atoms with van der Waals surface area (Å²) in [6.45, 7) is 4.68. The summed E-state index contributed by atoms with van der Waals surface area (Å²) in [5.41, 5.74) is 1.85. The number of ether oxygens (including phenoxy) is 1. The Bertz CT molecular complexity index is 712. The molecule has 0 spiro atoms. The molecule has 8 heteroatoms. The average molecular weight is 361 g/mol. The monoisotopic (exact) mass is 361 g/mol. The molecule has 0 aliphatic heterocycles. The molecule has 0 aliphatic rings. The minimum Gasteiger partial charge on any atom is -0.378 e. The van der Waals surface area contributed by atoms with Crippen LogP contribution in [0.15, 0.2) is 42.1 Å². The molecule has 1 aromatic carbocycles. The number of allylic oxidation sites excluding steroid dienone is 1. The maximum absolute atomic E-state index is 12.2. The van der Waals surface area contributed by atoms with Gasteiger partial charge in [0.2, 0.25) is 5.91 Å². The summed E-state index contributed by atoms with van der Waals surface area (Å²) < 4.78 is 7.00. The van der Waals surface area contributed by atoms with Crippen molar-refractivity contribution >= 4 is 29.0 Å². The first-order valence-corrected chi connectivity index (χ1v) is 8.75. The zero-order valence-corrected chi connectivity index (χ0v) is 15.5. The van der Waals surface area contributed by atoms with Crippen LogP contribution in [0.1, 0.15) is 5.82 Å². The molecule has 0 aliphatic carbocycles. The predicted molar refractivity (Wildman–Crippen MR) is 101 cm³/mol. The van der Waals surface area contributed by atoms with Gasteiger partial charge in [0.15, 0.2) is 11.0 Å². The number of benzene rings is 1. The third kappa shape index (κ3) is 5.33. The van der Waals surface area contributed by atoms with E-state index in [1.54, 1.807) is 13.2 Å². The molecule has 134 valence electrons. The first-order chi connectivity index (χ1) is 12.0. The van der Waals surface area contributed by atoms with Crippen LogP contribution in [0.25, 0.3) is 0 Å². The summed E-state index contributed by atoms with van der Waals surface area (Å²) >= 11 is 1.33. The SMILES string of the molecule is C=CCn1c(COC)nnc1SCC(=O)Nc1ccc(N(C)C)cc1. The van der Waals surface area contributed by atoms with Crippen molar-refractivity contribution in [3.63, 3.8) is 0 Å². The van der Waals surface area contributed by atoms with Crippen molar-refractivity contribution < 1.29 is 9.53 Å². The van der Waals surface area contributed by atoms with Gasteiger partial charge in [-0.2, -0.15) is 0 Å². The number of rotatable bonds is 9. The lowest BCUT2D eigenvalue weighted by molar-refractivity contribution is -0.113. The molecule has 1 N–H and O–H groups in total. The minimum atomic E-state index is -0.0935. The second-order valence-electron chi connectivity index (χ2n) is 5.51. The number of hydrogen-bond acceptors (Lipinski definition) is 6. The molecule has 1 heterocycles. The highest BCUT2D eigenvalue weighted by molar-refractivity contribution is 7.99. The van der Waals surface area contributed by atoms with E-state index in [2.05, 4.69) is 22.1 Å². The zero-order chi connectivity index (χ0) is 18.2. The fourth-order valence-electron chi connectivity index (χ4n) is 2.14. The summed E-state index contributed by atoms with van der Waals surface area (Å²) in [4.78, 5) is 14.2. The number of thioether (sulfide) groups is 1. The molecule has 0 atom stereocenters. The van der Waals surface area contributed by atoms with Crippen LogP contribution in [0.5, 0.6) is 0 Å². The second kappa shape index (κ2) is 9.24. The van der Waals surface area contributed by atoms with Crippen LogP contribution in [-0.2, 0) is 22.7 Å². The number of nitrogens with one attached hydrogen (secondary N) is 1. The van der Waals surface area contributed by atoms with Gasteiger partial charge >= 0.3 is 0 Å². The molecule has 0 radical (unpaired) electrons. The third-order valence-electron chi connectivity index (χ3n) is 3.38. The first kappa shape index (κ1) is 19.0. The van der Waals surface area contributed by atoms with Crippen LogP contribution in [-0.4, -0.2) is 47.6 Å². The molecule has 2 rings (SSSR count). The molecule has 0 fully saturated rings. The van der Waals surface area contributed by atoms with Crippen LogP contribution < -0.4 is 10.2 Å². The van der Waals surface area contributed by atoms with Crippen LogP contribution in [0, 0.1) is 0 Å². The van der Waals surface area contributed by atoms with Gasteiger partial charge in [-0.05, 0) is 24.3 Å². The number of amides is 1. The van der Waals surface area contributed by atoms with Gasteiger partial charge in [-0.3, -0.25) is 4.79 Å². The molecule has 2 aromatic rings. The van der Waals surface area contributed by atoms with Crippen molar-refractivity contribution in [2.75, 3.05) is 37.2 Å². The van der Waals surface area contributed by atoms with E-state index in [4.69, 9.17) is 4.74 Å². The Morgan fingerprint density at radius 3 is 2.68 bits per heavy atom. The van der Waals surface area contributed by atoms with E-state index in [0.29, 0.717) is 24.1 Å². The number of nitrogens with zero attached hydrogens (tertiary/aromatic N) is 4. The Morgan fingerprint density at radius 2 is 2.08 bits per heavy atom. The lowest BCUT2D eigenvalue weighted by Crippen LogP contribution is -2.15. The van der Waals surface area contributed by atoms with Crippen molar-refractivity contribution in [2.45, 2.75) is 18.3 Å². The molecule has 0 saturated heterocycles. The summed E-state index contributed by atoms with van der Waals surface area (Å²) in [5, 5.41) is 11.8. The summed E-state index contributed by atoms with van der Waals surface area (Å²) in [6.07, 6.45) is 1.76. The standard InChI is InChI=1S/C17H23N5O2S/c1-5-10-22-15(11-24-4)19-20-17(22)25-12-16(23)18-13-6-8-14(9-7-13)21(2)3/h5-9H,1,10-12H2,2-4H3,(H,18,23). The number of hydrogen-bond donors (Lipinski definition) is 1. The second-order valence-corrected chi connectivity index (χ2v) is 6.45. The Morgan fingerprint density at radius 1 is 1.36 bits per heavy atom. The quantitative estimate of drug-likeness (QED) is 0.546. The predicted octanol–water partition coefficient (Wildman–Crippen LogP) is 2.41. The molecule has 0 unspecified atom stereocenters. The topological polar surface area (TPSA) is 72.3 Å². The number of methoxy groups -OCH3 is 1. The highest BCUT2D eigenvalue weighted by Gasteiger charge is 2.13. The van der Waals surface area contributed by atoms with E-state index in [1.807, 2.05) is 47.8 Å². The lowest BCUT2D eigenvalue weighted by atomic mass is 10.2. The van der Waals surface area contributed by atoms with Crippen molar-refractivity contribution in [2.24, 2.45) is 0 Å². The van der Waals surface area contributed by atoms with Gasteiger partial charge in [0.1, 0.15) is 6.61 Å². The van der Waals surface area contributed by atoms with E-state index >= 15 is 0 Å². The molecular weight excluding hydrogens is 338 g/mol. The smallest absolute Gasteiger partial charge is 0.234 e. The molecule has 0 saturated carbocycles. The molecule has 1 aromatic heterocycles. The molecular formula is C17H23N5O2S. The largest absolute Gasteiger partial charge is 0.378 e. The van der Waals surface area contributed by atoms with Crippen molar-refractivity contribution in [3.05, 3.63) is 42.7 Å². The number of carbonyl (C=O) groups excluding carboxylic acids is 1. The molecule has 0 bridgehead atoms. The Hall–Kier alpha value is -2.32. The van der Waals surface area contributed by atoms with E-state index in [1.165, 1.54) is 11.8 Å². The highest BCUT2D eigenvalue weighted by Crippen LogP contribution is 2.19. The van der Waals surface area contributed by atoms with Crippen molar-refractivity contribution in [3.8, 4) is 0 Å². The number of aromatic nitrogens is 3. The Labute approximate surface area is 152 Å². The van der Waals surface area contributed by atoms with Gasteiger partial charge < -0.3 is 19.5 Å². The van der Waals surface area contributed by atoms with E-state index in [0.717, 1.165) is 11.4 Å². The zero-order valence-electron chi connectivity index (χ0n) is 14.7. The number of carbonyl (C=O) groups is 1. The summed E-state index contributed by atoms with van der Waals surface area (Å²) in [6, 6.07) is 7.69. The maximum atomic E-state index is 12.2. The Balaban J connectivity index is 1.94. The normalized spacial score (nSPS) is 10.5. The van der Waals surface area contributed by atoms with Crippen LogP contribution in [0.4, 0.5) is 11.4 Å².